The molecule has 0 aliphatic carbocycles. The zero-order chi connectivity index (χ0) is 20.9. The fourth-order valence-electron chi connectivity index (χ4n) is 3.30. The highest BCUT2D eigenvalue weighted by Crippen LogP contribution is 2.26. The number of piperidine rings is 1. The molecule has 28 heavy (non-hydrogen) atoms. The quantitative estimate of drug-likeness (QED) is 0.696. The topological polar surface area (TPSA) is 92.8 Å². The van der Waals surface area contributed by atoms with E-state index in [2.05, 4.69) is 19.2 Å². The van der Waals surface area contributed by atoms with Gasteiger partial charge in [0, 0.05) is 19.6 Å². The highest BCUT2D eigenvalue weighted by atomic mass is 32.2. The molecule has 1 amide bonds. The van der Waals surface area contributed by atoms with Crippen LogP contribution < -0.4 is 5.32 Å². The van der Waals surface area contributed by atoms with Crippen LogP contribution in [0.3, 0.4) is 0 Å². The summed E-state index contributed by atoms with van der Waals surface area (Å²) in [4.78, 5) is 23.9. The van der Waals surface area contributed by atoms with Crippen molar-refractivity contribution in [2.75, 3.05) is 26.2 Å². The van der Waals surface area contributed by atoms with Gasteiger partial charge >= 0.3 is 5.97 Å². The Morgan fingerprint density at radius 1 is 1.14 bits per heavy atom. The second kappa shape index (κ2) is 9.52. The fourth-order valence-corrected chi connectivity index (χ4v) is 4.98. The van der Waals surface area contributed by atoms with Crippen molar-refractivity contribution in [1.82, 2.24) is 9.62 Å². The van der Waals surface area contributed by atoms with E-state index < -0.39 is 16.0 Å². The van der Waals surface area contributed by atoms with Gasteiger partial charge in [0.2, 0.25) is 10.0 Å². The third-order valence-corrected chi connectivity index (χ3v) is 6.45. The van der Waals surface area contributed by atoms with Crippen LogP contribution in [0.4, 0.5) is 0 Å². The van der Waals surface area contributed by atoms with Crippen LogP contribution in [0.2, 0.25) is 0 Å². The summed E-state index contributed by atoms with van der Waals surface area (Å²) in [5.74, 6) is -0.0947. The average molecular weight is 411 g/mol. The van der Waals surface area contributed by atoms with Crippen LogP contribution >= 0.6 is 0 Å². The van der Waals surface area contributed by atoms with Gasteiger partial charge in [0.05, 0.1) is 10.5 Å². The van der Waals surface area contributed by atoms with Gasteiger partial charge in [-0.3, -0.25) is 4.79 Å². The first-order chi connectivity index (χ1) is 13.1. The summed E-state index contributed by atoms with van der Waals surface area (Å²) >= 11 is 0. The standard InChI is InChI=1S/C20H30N2O5S/c1-14(2)10-21-19(23)13-27-20(24)17-5-7-18(8-6-17)28(25,26)22-11-15(3)9-16(4)12-22/h5-8,14-16H,9-13H2,1-4H3,(H,21,23)/t15-,16+. The SMILES string of the molecule is CC(C)CNC(=O)COC(=O)c1ccc(S(=O)(=O)N2C[C@H](C)C[C@H](C)C2)cc1. The second-order valence-electron chi connectivity index (χ2n) is 8.07. The van der Waals surface area contributed by atoms with Crippen molar-refractivity contribution in [3.05, 3.63) is 29.8 Å². The van der Waals surface area contributed by atoms with Crippen molar-refractivity contribution in [3.8, 4) is 0 Å². The van der Waals surface area contributed by atoms with Crippen molar-refractivity contribution >= 4 is 21.9 Å². The van der Waals surface area contributed by atoms with Crippen LogP contribution in [-0.2, 0) is 19.6 Å². The van der Waals surface area contributed by atoms with Crippen LogP contribution in [0.25, 0.3) is 0 Å². The number of rotatable bonds is 7. The number of hydrogen-bond donors (Lipinski definition) is 1. The molecule has 2 rings (SSSR count). The molecule has 1 aromatic carbocycles. The highest BCUT2D eigenvalue weighted by molar-refractivity contribution is 7.89. The van der Waals surface area contributed by atoms with Crippen molar-refractivity contribution in [2.24, 2.45) is 17.8 Å². The van der Waals surface area contributed by atoms with Gasteiger partial charge in [-0.2, -0.15) is 4.31 Å². The Balaban J connectivity index is 1.98. The molecule has 0 spiro atoms. The molecule has 0 saturated carbocycles. The van der Waals surface area contributed by atoms with E-state index in [1.807, 2.05) is 13.8 Å². The third kappa shape index (κ3) is 6.04. The first-order valence-corrected chi connectivity index (χ1v) is 11.1. The van der Waals surface area contributed by atoms with Crippen LogP contribution in [-0.4, -0.2) is 50.8 Å². The molecule has 0 radical (unpaired) electrons. The lowest BCUT2D eigenvalue weighted by Crippen LogP contribution is -2.42. The molecular formula is C20H30N2O5S. The minimum absolute atomic E-state index is 0.153. The van der Waals surface area contributed by atoms with Gasteiger partial charge in [-0.1, -0.05) is 27.7 Å². The molecular weight excluding hydrogens is 380 g/mol. The number of amides is 1. The summed E-state index contributed by atoms with van der Waals surface area (Å²) in [5.41, 5.74) is 0.205. The van der Waals surface area contributed by atoms with E-state index in [0.29, 0.717) is 37.4 Å². The van der Waals surface area contributed by atoms with E-state index in [1.165, 1.54) is 28.6 Å². The van der Waals surface area contributed by atoms with Crippen LogP contribution in [0.5, 0.6) is 0 Å². The van der Waals surface area contributed by atoms with Gasteiger partial charge < -0.3 is 10.1 Å². The number of nitrogens with zero attached hydrogens (tertiary/aromatic N) is 1. The minimum Gasteiger partial charge on any atom is -0.452 e. The number of benzene rings is 1. The lowest BCUT2D eigenvalue weighted by molar-refractivity contribution is -0.124. The predicted molar refractivity (Wildman–Crippen MR) is 106 cm³/mol. The molecule has 1 aliphatic heterocycles. The lowest BCUT2D eigenvalue weighted by Gasteiger charge is -2.34. The molecule has 1 aromatic rings. The summed E-state index contributed by atoms with van der Waals surface area (Å²) in [6.07, 6.45) is 1.02. The molecule has 0 unspecified atom stereocenters. The Morgan fingerprint density at radius 3 is 2.25 bits per heavy atom. The number of sulfonamides is 1. The Hall–Kier alpha value is -1.93. The molecule has 156 valence electrons. The summed E-state index contributed by atoms with van der Waals surface area (Å²) in [6, 6.07) is 5.65. The first-order valence-electron chi connectivity index (χ1n) is 9.63. The van der Waals surface area contributed by atoms with Gasteiger partial charge in [-0.15, -0.1) is 0 Å². The molecule has 1 fully saturated rings. The Bertz CT molecular complexity index is 779. The van der Waals surface area contributed by atoms with Gasteiger partial charge in [-0.25, -0.2) is 13.2 Å². The van der Waals surface area contributed by atoms with E-state index in [-0.39, 0.29) is 23.0 Å². The van der Waals surface area contributed by atoms with Gasteiger partial charge in [-0.05, 0) is 48.4 Å². The number of nitrogens with one attached hydrogen (secondary N) is 1. The smallest absolute Gasteiger partial charge is 0.338 e. The first kappa shape index (κ1) is 22.4. The van der Waals surface area contributed by atoms with Gasteiger partial charge in [0.15, 0.2) is 6.61 Å². The van der Waals surface area contributed by atoms with Crippen molar-refractivity contribution < 1.29 is 22.7 Å². The van der Waals surface area contributed by atoms with E-state index in [4.69, 9.17) is 4.74 Å². The normalized spacial score (nSPS) is 20.8. The molecule has 7 nitrogen and oxygen atoms in total. The monoisotopic (exact) mass is 410 g/mol. The molecule has 0 bridgehead atoms. The van der Waals surface area contributed by atoms with Gasteiger partial charge in [0.25, 0.3) is 5.91 Å². The summed E-state index contributed by atoms with van der Waals surface area (Å²) in [7, 11) is -3.59. The Labute approximate surface area is 167 Å². The van der Waals surface area contributed by atoms with Crippen LogP contribution in [0.15, 0.2) is 29.2 Å². The van der Waals surface area contributed by atoms with Gasteiger partial charge in [0.1, 0.15) is 0 Å². The summed E-state index contributed by atoms with van der Waals surface area (Å²) in [6.45, 7) is 9.18. The maximum atomic E-state index is 12.9. The van der Waals surface area contributed by atoms with Crippen LogP contribution in [0, 0.1) is 17.8 Å². The predicted octanol–water partition coefficient (Wildman–Crippen LogP) is 2.28. The second-order valence-corrected chi connectivity index (χ2v) is 10.0. The number of ether oxygens (including phenoxy) is 1. The van der Waals surface area contributed by atoms with Crippen LogP contribution in [0.1, 0.15) is 44.5 Å². The molecule has 8 heteroatoms. The zero-order valence-electron chi connectivity index (χ0n) is 17.0. The number of hydrogen-bond acceptors (Lipinski definition) is 5. The maximum absolute atomic E-state index is 12.9. The molecule has 1 aliphatic rings. The third-order valence-electron chi connectivity index (χ3n) is 4.60. The fraction of sp³-hybridized carbons (Fsp3) is 0.600. The molecule has 1 saturated heterocycles. The molecule has 2 atom stereocenters. The maximum Gasteiger partial charge on any atom is 0.338 e. The zero-order valence-corrected chi connectivity index (χ0v) is 17.8. The summed E-state index contributed by atoms with van der Waals surface area (Å²) < 4.78 is 32.2. The number of carbonyl (C=O) groups is 2. The van der Waals surface area contributed by atoms with Crippen molar-refractivity contribution in [3.63, 3.8) is 0 Å². The van der Waals surface area contributed by atoms with E-state index in [0.717, 1.165) is 6.42 Å². The Kier molecular flexibility index (Phi) is 7.60. The number of carbonyl (C=O) groups excluding carboxylic acids is 2. The van der Waals surface area contributed by atoms with E-state index >= 15 is 0 Å². The minimum atomic E-state index is -3.59. The molecule has 1 heterocycles. The average Bonchev–Trinajstić information content (AvgIpc) is 2.63. The number of esters is 1. The largest absolute Gasteiger partial charge is 0.452 e. The molecule has 0 aromatic heterocycles. The van der Waals surface area contributed by atoms with Crippen molar-refractivity contribution in [1.29, 1.82) is 0 Å². The lowest BCUT2D eigenvalue weighted by atomic mass is 9.94. The molecule has 1 N–H and O–H groups in total. The van der Waals surface area contributed by atoms with E-state index in [1.54, 1.807) is 0 Å². The summed E-state index contributed by atoms with van der Waals surface area (Å²) in [5, 5.41) is 2.66. The Morgan fingerprint density at radius 2 is 1.71 bits per heavy atom. The van der Waals surface area contributed by atoms with E-state index in [9.17, 15) is 18.0 Å². The van der Waals surface area contributed by atoms with Crippen molar-refractivity contribution in [2.45, 2.75) is 39.0 Å². The highest BCUT2D eigenvalue weighted by Gasteiger charge is 2.31.